The maximum absolute atomic E-state index is 5.25. The Bertz CT molecular complexity index is 70.6. The Morgan fingerprint density at radius 1 is 1.78 bits per heavy atom. The van der Waals surface area contributed by atoms with Crippen LogP contribution in [0.5, 0.6) is 0 Å². The highest BCUT2D eigenvalue weighted by molar-refractivity contribution is 4.65. The Hall–Kier alpha value is -0.160. The number of ether oxygens (including phenoxy) is 1. The van der Waals surface area contributed by atoms with E-state index in [4.69, 9.17) is 10.6 Å². The molecule has 1 saturated heterocycles. The lowest BCUT2D eigenvalue weighted by Gasteiger charge is -2.22. The zero-order valence-corrected chi connectivity index (χ0v) is 5.30. The number of rotatable bonds is 2. The van der Waals surface area contributed by atoms with Crippen molar-refractivity contribution < 1.29 is 9.57 Å². The van der Waals surface area contributed by atoms with E-state index in [9.17, 15) is 0 Å². The van der Waals surface area contributed by atoms with Gasteiger partial charge in [-0.05, 0) is 0 Å². The molecule has 9 heavy (non-hydrogen) atoms. The Kier molecular flexibility index (Phi) is 2.93. The molecule has 1 aliphatic rings. The van der Waals surface area contributed by atoms with E-state index in [2.05, 4.69) is 10.2 Å². The van der Waals surface area contributed by atoms with Crippen molar-refractivity contribution >= 4 is 0 Å². The highest BCUT2D eigenvalue weighted by Gasteiger charge is 2.11. The molecular weight excluding hydrogens is 120 g/mol. The zero-order valence-electron chi connectivity index (χ0n) is 5.30. The Morgan fingerprint density at radius 3 is 3.22 bits per heavy atom. The van der Waals surface area contributed by atoms with E-state index < -0.39 is 0 Å². The summed E-state index contributed by atoms with van der Waals surface area (Å²) in [5.41, 5.74) is 0. The summed E-state index contributed by atoms with van der Waals surface area (Å²) < 4.78 is 5.25. The highest BCUT2D eigenvalue weighted by atomic mass is 16.6. The van der Waals surface area contributed by atoms with Crippen LogP contribution in [0.15, 0.2) is 0 Å². The van der Waals surface area contributed by atoms with Gasteiger partial charge in [-0.1, -0.05) is 0 Å². The van der Waals surface area contributed by atoms with Crippen LogP contribution >= 0.6 is 0 Å². The number of nitrogens with one attached hydrogen (secondary N) is 1. The normalized spacial score (nSPS) is 28.3. The van der Waals surface area contributed by atoms with Crippen molar-refractivity contribution in [3.63, 3.8) is 0 Å². The Balaban J connectivity index is 2.08. The second kappa shape index (κ2) is 3.79. The predicted molar refractivity (Wildman–Crippen MR) is 32.7 cm³/mol. The minimum Gasteiger partial charge on any atom is -0.373 e. The molecule has 0 radical (unpaired) electrons. The van der Waals surface area contributed by atoms with Gasteiger partial charge >= 0.3 is 0 Å². The highest BCUT2D eigenvalue weighted by Crippen LogP contribution is 1.93. The second-order valence-corrected chi connectivity index (χ2v) is 2.03. The van der Waals surface area contributed by atoms with Crippen molar-refractivity contribution in [3.8, 4) is 0 Å². The first-order valence-electron chi connectivity index (χ1n) is 3.07. The summed E-state index contributed by atoms with van der Waals surface area (Å²) in [5.74, 6) is 4.85. The van der Waals surface area contributed by atoms with E-state index in [-0.39, 0.29) is 6.10 Å². The number of morpholine rings is 1. The first kappa shape index (κ1) is 6.95. The predicted octanol–water partition coefficient (Wildman–Crippen LogP) is -1.13. The maximum atomic E-state index is 5.25. The van der Waals surface area contributed by atoms with E-state index in [0.717, 1.165) is 19.7 Å². The van der Waals surface area contributed by atoms with Gasteiger partial charge < -0.3 is 14.9 Å². The average Bonchev–Trinajstić information content (AvgIpc) is 1.91. The lowest BCUT2D eigenvalue weighted by molar-refractivity contribution is -0.0320. The topological polar surface area (TPSA) is 56.5 Å². The van der Waals surface area contributed by atoms with E-state index in [1.54, 1.807) is 0 Å². The van der Waals surface area contributed by atoms with Crippen LogP contribution in [-0.4, -0.2) is 32.4 Å². The van der Waals surface area contributed by atoms with Gasteiger partial charge in [0, 0.05) is 13.1 Å². The van der Waals surface area contributed by atoms with Crippen molar-refractivity contribution in [3.05, 3.63) is 0 Å². The smallest absolute Gasteiger partial charge is 0.0953 e. The summed E-state index contributed by atoms with van der Waals surface area (Å²) in [6.07, 6.45) is 0.142. The monoisotopic (exact) mass is 132 g/mol. The standard InChI is InChI=1S/C5H12N2O2/c6-9-4-5-3-7-1-2-8-5/h5,7H,1-4,6H2/t5-/m0/s1. The molecule has 1 rings (SSSR count). The minimum atomic E-state index is 0.142. The summed E-state index contributed by atoms with van der Waals surface area (Å²) in [4.78, 5) is 4.42. The molecule has 1 fully saturated rings. The van der Waals surface area contributed by atoms with Gasteiger partial charge in [0.1, 0.15) is 0 Å². The number of hydrogen-bond donors (Lipinski definition) is 2. The fourth-order valence-electron chi connectivity index (χ4n) is 0.834. The third-order valence-electron chi connectivity index (χ3n) is 1.29. The molecule has 1 atom stereocenters. The van der Waals surface area contributed by atoms with E-state index in [1.807, 2.05) is 0 Å². The van der Waals surface area contributed by atoms with Crippen LogP contribution in [0.3, 0.4) is 0 Å². The van der Waals surface area contributed by atoms with Gasteiger partial charge in [0.25, 0.3) is 0 Å². The van der Waals surface area contributed by atoms with Crippen LogP contribution in [0.4, 0.5) is 0 Å². The second-order valence-electron chi connectivity index (χ2n) is 2.03. The number of hydrogen-bond acceptors (Lipinski definition) is 4. The van der Waals surface area contributed by atoms with Crippen LogP contribution in [0.25, 0.3) is 0 Å². The van der Waals surface area contributed by atoms with Crippen LogP contribution in [-0.2, 0) is 9.57 Å². The molecule has 0 spiro atoms. The van der Waals surface area contributed by atoms with E-state index >= 15 is 0 Å². The van der Waals surface area contributed by atoms with Gasteiger partial charge in [0.2, 0.25) is 0 Å². The molecule has 0 saturated carbocycles. The lowest BCUT2D eigenvalue weighted by atomic mass is 10.3. The fraction of sp³-hybridized carbons (Fsp3) is 1.00. The van der Waals surface area contributed by atoms with E-state index in [0.29, 0.717) is 6.61 Å². The summed E-state index contributed by atoms with van der Waals surface area (Å²) in [7, 11) is 0. The molecule has 1 heterocycles. The molecule has 0 bridgehead atoms. The van der Waals surface area contributed by atoms with Gasteiger partial charge in [-0.3, -0.25) is 0 Å². The quantitative estimate of drug-likeness (QED) is 0.466. The molecule has 3 N–H and O–H groups in total. The lowest BCUT2D eigenvalue weighted by Crippen LogP contribution is -2.41. The van der Waals surface area contributed by atoms with Crippen molar-refractivity contribution in [2.45, 2.75) is 6.10 Å². The van der Waals surface area contributed by atoms with E-state index in [1.165, 1.54) is 0 Å². The zero-order chi connectivity index (χ0) is 6.53. The molecular formula is C5H12N2O2. The molecule has 1 aliphatic heterocycles. The third kappa shape index (κ3) is 2.28. The molecule has 0 aliphatic carbocycles. The Morgan fingerprint density at radius 2 is 2.67 bits per heavy atom. The molecule has 0 aromatic rings. The first-order valence-corrected chi connectivity index (χ1v) is 3.07. The summed E-state index contributed by atoms with van der Waals surface area (Å²) >= 11 is 0. The van der Waals surface area contributed by atoms with Gasteiger partial charge in [0.05, 0.1) is 19.3 Å². The van der Waals surface area contributed by atoms with Crippen molar-refractivity contribution in [1.29, 1.82) is 0 Å². The van der Waals surface area contributed by atoms with Gasteiger partial charge in [-0.15, -0.1) is 0 Å². The van der Waals surface area contributed by atoms with Gasteiger partial charge in [-0.2, -0.15) is 0 Å². The number of nitrogens with two attached hydrogens (primary N) is 1. The molecule has 4 nitrogen and oxygen atoms in total. The minimum absolute atomic E-state index is 0.142. The third-order valence-corrected chi connectivity index (χ3v) is 1.29. The first-order chi connectivity index (χ1) is 4.43. The van der Waals surface area contributed by atoms with Gasteiger partial charge in [0.15, 0.2) is 0 Å². The van der Waals surface area contributed by atoms with Crippen molar-refractivity contribution in [2.24, 2.45) is 5.90 Å². The molecule has 54 valence electrons. The van der Waals surface area contributed by atoms with Crippen LogP contribution in [0.1, 0.15) is 0 Å². The molecule has 4 heteroatoms. The maximum Gasteiger partial charge on any atom is 0.0953 e. The van der Waals surface area contributed by atoms with Crippen LogP contribution in [0.2, 0.25) is 0 Å². The summed E-state index contributed by atoms with van der Waals surface area (Å²) in [6.45, 7) is 3.01. The fourth-order valence-corrected chi connectivity index (χ4v) is 0.834. The van der Waals surface area contributed by atoms with Gasteiger partial charge in [-0.25, -0.2) is 5.90 Å². The molecule has 0 unspecified atom stereocenters. The average molecular weight is 132 g/mol. The Labute approximate surface area is 54.3 Å². The summed E-state index contributed by atoms with van der Waals surface area (Å²) in [5, 5.41) is 3.16. The molecule has 0 aromatic carbocycles. The molecule has 0 aromatic heterocycles. The molecule has 0 amide bonds. The van der Waals surface area contributed by atoms with Crippen LogP contribution in [0, 0.1) is 0 Å². The SMILES string of the molecule is NOC[C@@H]1CNCCO1. The largest absolute Gasteiger partial charge is 0.373 e. The van der Waals surface area contributed by atoms with Crippen molar-refractivity contribution in [2.75, 3.05) is 26.3 Å². The van der Waals surface area contributed by atoms with Crippen molar-refractivity contribution in [1.82, 2.24) is 5.32 Å². The summed E-state index contributed by atoms with van der Waals surface area (Å²) in [6, 6.07) is 0. The van der Waals surface area contributed by atoms with Crippen LogP contribution < -0.4 is 11.2 Å².